The molecule has 0 spiro atoms. The number of hydrogen-bond acceptors (Lipinski definition) is 2. The van der Waals surface area contributed by atoms with Crippen LogP contribution in [0.25, 0.3) is 11.0 Å². The van der Waals surface area contributed by atoms with E-state index in [-0.39, 0.29) is 11.8 Å². The number of nitrogens with one attached hydrogen (secondary N) is 1. The zero-order chi connectivity index (χ0) is 13.3. The molecule has 96 valence electrons. The van der Waals surface area contributed by atoms with Crippen LogP contribution in [0.3, 0.4) is 0 Å². The van der Waals surface area contributed by atoms with Crippen molar-refractivity contribution < 1.29 is 9.90 Å². The van der Waals surface area contributed by atoms with Gasteiger partial charge in [0.2, 0.25) is 0 Å². The minimum Gasteiger partial charge on any atom is -0.481 e. The van der Waals surface area contributed by atoms with Crippen molar-refractivity contribution in [3.8, 4) is 0 Å². The molecule has 2 N–H and O–H groups in total. The van der Waals surface area contributed by atoms with E-state index in [2.05, 4.69) is 16.0 Å². The third kappa shape index (κ3) is 2.88. The van der Waals surface area contributed by atoms with Crippen LogP contribution in [0.15, 0.2) is 18.2 Å². The van der Waals surface area contributed by atoms with E-state index in [1.54, 1.807) is 0 Å². The first-order chi connectivity index (χ1) is 8.35. The number of aromatic nitrogens is 2. The van der Waals surface area contributed by atoms with Crippen LogP contribution in [0, 0.1) is 12.3 Å². The van der Waals surface area contributed by atoms with Crippen molar-refractivity contribution >= 4 is 17.0 Å². The standard InChI is InChI=1S/C14H18N2O2/c1-9-4-5-10-11(6-9)16-12(15-10)7-14(2,3)8-13(17)18/h4-6H,7-8H2,1-3H3,(H,15,16)(H,17,18). The van der Waals surface area contributed by atoms with Crippen LogP contribution < -0.4 is 0 Å². The molecular weight excluding hydrogens is 228 g/mol. The lowest BCUT2D eigenvalue weighted by atomic mass is 9.85. The fourth-order valence-corrected chi connectivity index (χ4v) is 2.19. The number of aliphatic carboxylic acids is 1. The number of H-pyrrole nitrogens is 1. The van der Waals surface area contributed by atoms with Gasteiger partial charge in [0.05, 0.1) is 17.5 Å². The summed E-state index contributed by atoms with van der Waals surface area (Å²) in [5, 5.41) is 8.87. The van der Waals surface area contributed by atoms with Gasteiger partial charge in [0.1, 0.15) is 5.82 Å². The van der Waals surface area contributed by atoms with Crippen molar-refractivity contribution in [3.05, 3.63) is 29.6 Å². The monoisotopic (exact) mass is 246 g/mol. The number of fused-ring (bicyclic) bond motifs is 1. The summed E-state index contributed by atoms with van der Waals surface area (Å²) in [6.07, 6.45) is 0.774. The molecule has 1 heterocycles. The highest BCUT2D eigenvalue weighted by molar-refractivity contribution is 5.75. The van der Waals surface area contributed by atoms with E-state index >= 15 is 0 Å². The van der Waals surface area contributed by atoms with Crippen molar-refractivity contribution in [1.29, 1.82) is 0 Å². The number of aryl methyl sites for hydroxylation is 1. The van der Waals surface area contributed by atoms with Crippen LogP contribution in [-0.4, -0.2) is 21.0 Å². The zero-order valence-electron chi connectivity index (χ0n) is 10.9. The normalized spacial score (nSPS) is 11.9. The third-order valence-electron chi connectivity index (χ3n) is 2.96. The first-order valence-electron chi connectivity index (χ1n) is 6.03. The van der Waals surface area contributed by atoms with E-state index in [9.17, 15) is 4.79 Å². The second-order valence-electron chi connectivity index (χ2n) is 5.62. The largest absolute Gasteiger partial charge is 0.481 e. The number of benzene rings is 1. The number of carboxylic acids is 1. The Labute approximate surface area is 106 Å². The van der Waals surface area contributed by atoms with Crippen LogP contribution in [0.5, 0.6) is 0 Å². The van der Waals surface area contributed by atoms with Crippen molar-refractivity contribution in [3.63, 3.8) is 0 Å². The fraction of sp³-hybridized carbons (Fsp3) is 0.429. The number of nitrogens with zero attached hydrogens (tertiary/aromatic N) is 1. The van der Waals surface area contributed by atoms with Crippen LogP contribution in [0.1, 0.15) is 31.7 Å². The Morgan fingerprint density at radius 1 is 1.44 bits per heavy atom. The van der Waals surface area contributed by atoms with E-state index in [1.807, 2.05) is 32.9 Å². The molecule has 0 fully saturated rings. The van der Waals surface area contributed by atoms with E-state index in [0.717, 1.165) is 16.9 Å². The summed E-state index contributed by atoms with van der Waals surface area (Å²) in [4.78, 5) is 18.6. The Bertz CT molecular complexity index is 584. The molecule has 2 aromatic rings. The first-order valence-corrected chi connectivity index (χ1v) is 6.03. The maximum absolute atomic E-state index is 10.8. The van der Waals surface area contributed by atoms with Gasteiger partial charge in [-0.15, -0.1) is 0 Å². The molecule has 0 amide bonds. The molecule has 0 saturated heterocycles. The molecule has 0 atom stereocenters. The van der Waals surface area contributed by atoms with Crippen molar-refractivity contribution in [2.75, 3.05) is 0 Å². The van der Waals surface area contributed by atoms with Crippen molar-refractivity contribution in [1.82, 2.24) is 9.97 Å². The van der Waals surface area contributed by atoms with Gasteiger partial charge in [-0.3, -0.25) is 4.79 Å². The van der Waals surface area contributed by atoms with Gasteiger partial charge in [-0.25, -0.2) is 4.98 Å². The van der Waals surface area contributed by atoms with Crippen LogP contribution in [0.2, 0.25) is 0 Å². The molecule has 1 aromatic carbocycles. The molecule has 0 unspecified atom stereocenters. The minimum absolute atomic E-state index is 0.142. The number of rotatable bonds is 4. The number of carbonyl (C=O) groups is 1. The summed E-state index contributed by atoms with van der Waals surface area (Å²) >= 11 is 0. The highest BCUT2D eigenvalue weighted by Gasteiger charge is 2.23. The van der Waals surface area contributed by atoms with Crippen molar-refractivity contribution in [2.45, 2.75) is 33.6 Å². The number of aromatic amines is 1. The highest BCUT2D eigenvalue weighted by Crippen LogP contribution is 2.26. The lowest BCUT2D eigenvalue weighted by molar-refractivity contribution is -0.139. The van der Waals surface area contributed by atoms with Gasteiger partial charge in [-0.1, -0.05) is 19.9 Å². The summed E-state index contributed by atoms with van der Waals surface area (Å²) in [6, 6.07) is 6.06. The van der Waals surface area contributed by atoms with E-state index in [1.165, 1.54) is 5.56 Å². The van der Waals surface area contributed by atoms with Gasteiger partial charge in [0, 0.05) is 6.42 Å². The Hall–Kier alpha value is -1.84. The van der Waals surface area contributed by atoms with Crippen LogP contribution in [0.4, 0.5) is 0 Å². The molecule has 2 rings (SSSR count). The second kappa shape index (κ2) is 4.44. The topological polar surface area (TPSA) is 66.0 Å². The van der Waals surface area contributed by atoms with Gasteiger partial charge in [-0.05, 0) is 30.0 Å². The molecule has 0 saturated carbocycles. The zero-order valence-corrected chi connectivity index (χ0v) is 10.9. The maximum atomic E-state index is 10.8. The third-order valence-corrected chi connectivity index (χ3v) is 2.96. The molecule has 4 heteroatoms. The van der Waals surface area contributed by atoms with Crippen LogP contribution in [-0.2, 0) is 11.2 Å². The lowest BCUT2D eigenvalue weighted by Crippen LogP contribution is -2.20. The van der Waals surface area contributed by atoms with Gasteiger partial charge in [0.25, 0.3) is 0 Å². The second-order valence-corrected chi connectivity index (χ2v) is 5.62. The number of imidazole rings is 1. The Morgan fingerprint density at radius 3 is 2.83 bits per heavy atom. The Kier molecular flexibility index (Phi) is 3.11. The SMILES string of the molecule is Cc1ccc2nc(CC(C)(C)CC(=O)O)[nH]c2c1. The Morgan fingerprint density at radius 2 is 2.17 bits per heavy atom. The summed E-state index contributed by atoms with van der Waals surface area (Å²) in [5.41, 5.74) is 2.83. The predicted molar refractivity (Wildman–Crippen MR) is 70.6 cm³/mol. The van der Waals surface area contributed by atoms with E-state index in [4.69, 9.17) is 5.11 Å². The van der Waals surface area contributed by atoms with Crippen molar-refractivity contribution in [2.24, 2.45) is 5.41 Å². The fourth-order valence-electron chi connectivity index (χ4n) is 2.19. The quantitative estimate of drug-likeness (QED) is 0.871. The van der Waals surface area contributed by atoms with E-state index in [0.29, 0.717) is 6.42 Å². The molecule has 0 aliphatic heterocycles. The molecule has 0 radical (unpaired) electrons. The first kappa shape index (κ1) is 12.6. The smallest absolute Gasteiger partial charge is 0.303 e. The lowest BCUT2D eigenvalue weighted by Gasteiger charge is -2.20. The average molecular weight is 246 g/mol. The van der Waals surface area contributed by atoms with Gasteiger partial charge < -0.3 is 10.1 Å². The molecular formula is C14H18N2O2. The van der Waals surface area contributed by atoms with Gasteiger partial charge >= 0.3 is 5.97 Å². The van der Waals surface area contributed by atoms with E-state index < -0.39 is 5.97 Å². The minimum atomic E-state index is -0.771. The van der Waals surface area contributed by atoms with Crippen LogP contribution >= 0.6 is 0 Å². The molecule has 0 bridgehead atoms. The highest BCUT2D eigenvalue weighted by atomic mass is 16.4. The molecule has 0 aliphatic rings. The molecule has 0 aliphatic carbocycles. The maximum Gasteiger partial charge on any atom is 0.303 e. The Balaban J connectivity index is 2.24. The van der Waals surface area contributed by atoms with Gasteiger partial charge in [0.15, 0.2) is 0 Å². The summed E-state index contributed by atoms with van der Waals surface area (Å²) in [6.45, 7) is 5.92. The molecule has 4 nitrogen and oxygen atoms in total. The van der Waals surface area contributed by atoms with Gasteiger partial charge in [-0.2, -0.15) is 0 Å². The predicted octanol–water partition coefficient (Wildman–Crippen LogP) is 2.91. The summed E-state index contributed by atoms with van der Waals surface area (Å²) in [5.74, 6) is 0.0776. The molecule has 18 heavy (non-hydrogen) atoms. The number of carboxylic acid groups (broad SMARTS) is 1. The number of hydrogen-bond donors (Lipinski definition) is 2. The average Bonchev–Trinajstić information content (AvgIpc) is 2.55. The summed E-state index contributed by atoms with van der Waals surface area (Å²) in [7, 11) is 0. The molecule has 1 aromatic heterocycles. The summed E-state index contributed by atoms with van der Waals surface area (Å²) < 4.78 is 0.